The van der Waals surface area contributed by atoms with Gasteiger partial charge < -0.3 is 14.2 Å². The number of hydrogen-bond acceptors (Lipinski definition) is 6. The first kappa shape index (κ1) is 25.2. The summed E-state index contributed by atoms with van der Waals surface area (Å²) in [7, 11) is 0. The van der Waals surface area contributed by atoms with E-state index in [2.05, 4.69) is 15.0 Å². The van der Waals surface area contributed by atoms with Crippen molar-refractivity contribution in [2.45, 2.75) is 19.2 Å². The monoisotopic (exact) mass is 519 g/mol. The summed E-state index contributed by atoms with van der Waals surface area (Å²) in [5, 5.41) is -0.418. The lowest BCUT2D eigenvalue weighted by Gasteiger charge is -2.12. The first-order valence-corrected chi connectivity index (χ1v) is 11.0. The van der Waals surface area contributed by atoms with E-state index in [1.807, 2.05) is 30.3 Å². The lowest BCUT2D eigenvalue weighted by molar-refractivity contribution is -0.137. The van der Waals surface area contributed by atoms with Gasteiger partial charge in [0, 0.05) is 12.1 Å². The van der Waals surface area contributed by atoms with Crippen LogP contribution in [0.4, 0.5) is 17.6 Å². The van der Waals surface area contributed by atoms with Crippen LogP contribution in [0.3, 0.4) is 0 Å². The molecule has 0 spiro atoms. The van der Waals surface area contributed by atoms with Crippen LogP contribution in [0, 0.1) is 5.82 Å². The van der Waals surface area contributed by atoms with E-state index >= 15 is 0 Å². The zero-order chi connectivity index (χ0) is 25.5. The van der Waals surface area contributed by atoms with Crippen molar-refractivity contribution in [1.82, 2.24) is 15.0 Å². The molecular weight excluding hydrogens is 502 g/mol. The van der Waals surface area contributed by atoms with Gasteiger partial charge in [-0.1, -0.05) is 41.9 Å². The summed E-state index contributed by atoms with van der Waals surface area (Å²) in [6, 6.07) is 15.8. The predicted octanol–water partition coefficient (Wildman–Crippen LogP) is 6.68. The number of halogens is 5. The molecule has 0 atom stereocenters. The van der Waals surface area contributed by atoms with Gasteiger partial charge in [0.1, 0.15) is 18.1 Å². The maximum atomic E-state index is 14.0. The van der Waals surface area contributed by atoms with E-state index < -0.39 is 22.6 Å². The Hall–Kier alpha value is -3.92. The van der Waals surface area contributed by atoms with E-state index in [-0.39, 0.29) is 36.6 Å². The third-order valence-corrected chi connectivity index (χ3v) is 5.10. The van der Waals surface area contributed by atoms with Gasteiger partial charge in [0.2, 0.25) is 5.82 Å². The Labute approximate surface area is 208 Å². The molecule has 0 saturated carbocycles. The van der Waals surface area contributed by atoms with Gasteiger partial charge in [-0.15, -0.1) is 0 Å². The second-order valence-corrected chi connectivity index (χ2v) is 7.81. The number of pyridine rings is 1. The molecule has 4 rings (SSSR count). The molecule has 4 aromatic rings. The molecule has 0 fully saturated rings. The third-order valence-electron chi connectivity index (χ3n) is 4.77. The lowest BCUT2D eigenvalue weighted by Crippen LogP contribution is -2.07. The highest BCUT2D eigenvalue weighted by Crippen LogP contribution is 2.37. The Balaban J connectivity index is 1.31. The molecule has 0 saturated heterocycles. The zero-order valence-electron chi connectivity index (χ0n) is 18.5. The van der Waals surface area contributed by atoms with Gasteiger partial charge in [-0.05, 0) is 35.9 Å². The summed E-state index contributed by atoms with van der Waals surface area (Å²) in [6.07, 6.45) is -1.97. The van der Waals surface area contributed by atoms with E-state index in [1.54, 1.807) is 12.1 Å². The molecule has 2 aromatic carbocycles. The molecular formula is C25H18ClF4N3O3. The highest BCUT2D eigenvalue weighted by atomic mass is 35.5. The summed E-state index contributed by atoms with van der Waals surface area (Å²) in [6.45, 7) is 0.281. The Morgan fingerprint density at radius 2 is 1.64 bits per heavy atom. The van der Waals surface area contributed by atoms with E-state index in [1.165, 1.54) is 12.3 Å². The molecule has 0 aliphatic carbocycles. The minimum absolute atomic E-state index is 0.0224. The molecule has 0 aliphatic rings. The zero-order valence-corrected chi connectivity index (χ0v) is 19.3. The standard InChI is InChI=1S/C25H18ClF4N3O3/c26-21-9-8-18(12-20(21)25(28,29)30)36-19-7-6-17(31-13-19)10-11-34-23-22(27)14-32-24(33-23)35-15-16-4-2-1-3-5-16/h1-9,12-14H,10-11,15H2. The average molecular weight is 520 g/mol. The quantitative estimate of drug-likeness (QED) is 0.230. The number of hydrogen-bond donors (Lipinski definition) is 0. The minimum atomic E-state index is -4.60. The van der Waals surface area contributed by atoms with Gasteiger partial charge in [0.15, 0.2) is 0 Å². The van der Waals surface area contributed by atoms with Crippen molar-refractivity contribution >= 4 is 11.6 Å². The average Bonchev–Trinajstić information content (AvgIpc) is 2.86. The fraction of sp³-hybridized carbons (Fsp3) is 0.160. The smallest absolute Gasteiger partial charge is 0.417 e. The van der Waals surface area contributed by atoms with Crippen LogP contribution in [0.15, 0.2) is 73.1 Å². The number of alkyl halides is 3. The van der Waals surface area contributed by atoms with Crippen molar-refractivity contribution in [1.29, 1.82) is 0 Å². The summed E-state index contributed by atoms with van der Waals surface area (Å²) in [5.74, 6) is -0.789. The first-order chi connectivity index (χ1) is 17.3. The van der Waals surface area contributed by atoms with Gasteiger partial charge in [0.25, 0.3) is 5.88 Å². The van der Waals surface area contributed by atoms with Gasteiger partial charge in [-0.3, -0.25) is 4.98 Å². The second kappa shape index (κ2) is 11.2. The molecule has 11 heteroatoms. The van der Waals surface area contributed by atoms with E-state index in [9.17, 15) is 17.6 Å². The fourth-order valence-corrected chi connectivity index (χ4v) is 3.25. The Morgan fingerprint density at radius 3 is 2.36 bits per heavy atom. The molecule has 186 valence electrons. The predicted molar refractivity (Wildman–Crippen MR) is 123 cm³/mol. The maximum Gasteiger partial charge on any atom is 0.417 e. The molecule has 0 amide bonds. The van der Waals surface area contributed by atoms with Crippen LogP contribution in [0.5, 0.6) is 23.4 Å². The van der Waals surface area contributed by atoms with Crippen molar-refractivity contribution in [3.8, 4) is 23.4 Å². The van der Waals surface area contributed by atoms with Crippen LogP contribution in [0.2, 0.25) is 5.02 Å². The topological polar surface area (TPSA) is 66.4 Å². The lowest BCUT2D eigenvalue weighted by atomic mass is 10.2. The first-order valence-electron chi connectivity index (χ1n) is 10.6. The summed E-state index contributed by atoms with van der Waals surface area (Å²) in [4.78, 5) is 11.9. The van der Waals surface area contributed by atoms with Crippen molar-refractivity contribution in [3.05, 3.63) is 101 Å². The van der Waals surface area contributed by atoms with Crippen molar-refractivity contribution in [2.75, 3.05) is 6.61 Å². The van der Waals surface area contributed by atoms with Gasteiger partial charge >= 0.3 is 12.2 Å². The molecule has 0 unspecified atom stereocenters. The molecule has 0 aliphatic heterocycles. The molecule has 0 bridgehead atoms. The van der Waals surface area contributed by atoms with Gasteiger partial charge in [-0.2, -0.15) is 22.5 Å². The van der Waals surface area contributed by atoms with Crippen LogP contribution < -0.4 is 14.2 Å². The number of rotatable bonds is 9. The van der Waals surface area contributed by atoms with E-state index in [0.29, 0.717) is 12.1 Å². The Morgan fingerprint density at radius 1 is 0.861 bits per heavy atom. The van der Waals surface area contributed by atoms with Crippen LogP contribution in [0.25, 0.3) is 0 Å². The number of aromatic nitrogens is 3. The number of benzene rings is 2. The van der Waals surface area contributed by atoms with Crippen molar-refractivity contribution in [3.63, 3.8) is 0 Å². The maximum absolute atomic E-state index is 14.0. The largest absolute Gasteiger partial charge is 0.475 e. The molecule has 36 heavy (non-hydrogen) atoms. The van der Waals surface area contributed by atoms with E-state index in [4.69, 9.17) is 25.8 Å². The Bertz CT molecular complexity index is 1310. The normalized spacial score (nSPS) is 11.2. The fourth-order valence-electron chi connectivity index (χ4n) is 3.02. The van der Waals surface area contributed by atoms with E-state index in [0.717, 1.165) is 23.9 Å². The van der Waals surface area contributed by atoms with Crippen molar-refractivity contribution in [2.24, 2.45) is 0 Å². The third kappa shape index (κ3) is 6.82. The molecule has 2 aromatic heterocycles. The minimum Gasteiger partial charge on any atom is -0.475 e. The van der Waals surface area contributed by atoms with Gasteiger partial charge in [0.05, 0.1) is 29.6 Å². The van der Waals surface area contributed by atoms with Gasteiger partial charge in [-0.25, -0.2) is 4.98 Å². The number of nitrogens with zero attached hydrogens (tertiary/aromatic N) is 3. The summed E-state index contributed by atoms with van der Waals surface area (Å²) < 4.78 is 69.4. The molecule has 2 heterocycles. The summed E-state index contributed by atoms with van der Waals surface area (Å²) >= 11 is 5.62. The molecule has 0 N–H and O–H groups in total. The highest BCUT2D eigenvalue weighted by Gasteiger charge is 2.33. The highest BCUT2D eigenvalue weighted by molar-refractivity contribution is 6.31. The number of ether oxygens (including phenoxy) is 3. The summed E-state index contributed by atoms with van der Waals surface area (Å²) in [5.41, 5.74) is 0.502. The molecule has 6 nitrogen and oxygen atoms in total. The van der Waals surface area contributed by atoms with Crippen LogP contribution >= 0.6 is 11.6 Å². The van der Waals surface area contributed by atoms with Crippen molar-refractivity contribution < 1.29 is 31.8 Å². The van der Waals surface area contributed by atoms with Crippen LogP contribution in [-0.4, -0.2) is 21.6 Å². The second-order valence-electron chi connectivity index (χ2n) is 7.41. The SMILES string of the molecule is Fc1cnc(OCc2ccccc2)nc1OCCc1ccc(Oc2ccc(Cl)c(C(F)(F)F)c2)cn1. The Kier molecular flexibility index (Phi) is 7.84. The molecule has 0 radical (unpaired) electrons. The van der Waals surface area contributed by atoms with Crippen LogP contribution in [0.1, 0.15) is 16.8 Å². The van der Waals surface area contributed by atoms with Crippen LogP contribution in [-0.2, 0) is 19.2 Å².